The first-order chi connectivity index (χ1) is 17.4. The number of hydrogen-bond donors (Lipinski definition) is 3. The third-order valence-electron chi connectivity index (χ3n) is 8.56. The zero-order valence-electron chi connectivity index (χ0n) is 22.1. The van der Waals surface area contributed by atoms with E-state index < -0.39 is 28.5 Å². The number of halogens is 2. The summed E-state index contributed by atoms with van der Waals surface area (Å²) in [6, 6.07) is 6.31. The van der Waals surface area contributed by atoms with Crippen molar-refractivity contribution in [3.8, 4) is 0 Å². The first-order valence-corrected chi connectivity index (χ1v) is 13.1. The van der Waals surface area contributed by atoms with Gasteiger partial charge in [0.05, 0.1) is 6.04 Å². The summed E-state index contributed by atoms with van der Waals surface area (Å²) in [6.07, 6.45) is 6.66. The Balaban J connectivity index is 1.43. The summed E-state index contributed by atoms with van der Waals surface area (Å²) in [5.74, 6) is -0.811. The topological polar surface area (TPSA) is 97.1 Å². The molecule has 1 aromatic heterocycles. The number of fused-ring (bicyclic) bond motifs is 2. The monoisotopic (exact) mass is 512 g/mol. The summed E-state index contributed by atoms with van der Waals surface area (Å²) in [6.45, 7) is 7.94. The van der Waals surface area contributed by atoms with Crippen LogP contribution in [0.2, 0.25) is 0 Å². The highest BCUT2D eigenvalue weighted by molar-refractivity contribution is 5.95. The van der Waals surface area contributed by atoms with Crippen molar-refractivity contribution in [2.75, 3.05) is 11.9 Å². The third kappa shape index (κ3) is 5.84. The molecule has 2 bridgehead atoms. The Kier molecular flexibility index (Phi) is 7.70. The van der Waals surface area contributed by atoms with Crippen LogP contribution in [0.25, 0.3) is 0 Å². The number of hydrogen-bond acceptors (Lipinski definition) is 4. The number of benzene rings is 1. The predicted molar refractivity (Wildman–Crippen MR) is 139 cm³/mol. The number of nitrogens with one attached hydrogen (secondary N) is 2. The minimum absolute atomic E-state index is 0.0113. The molecule has 4 N–H and O–H groups in total. The van der Waals surface area contributed by atoms with Crippen LogP contribution in [0.4, 0.5) is 14.5 Å². The van der Waals surface area contributed by atoms with Gasteiger partial charge in [-0.2, -0.15) is 0 Å². The molecule has 6 nitrogen and oxygen atoms in total. The fourth-order valence-electron chi connectivity index (χ4n) is 6.80. The second-order valence-electron chi connectivity index (χ2n) is 12.1. The molecule has 1 aromatic carbocycles. The zero-order chi connectivity index (χ0) is 27.0. The smallest absolute Gasteiger partial charge is 0.237 e. The second-order valence-corrected chi connectivity index (χ2v) is 12.1. The van der Waals surface area contributed by atoms with Crippen LogP contribution in [-0.2, 0) is 15.0 Å². The molecule has 2 aromatic rings. The van der Waals surface area contributed by atoms with Crippen LogP contribution in [0.5, 0.6) is 0 Å². The average Bonchev–Trinajstić information content (AvgIpc) is 2.82. The quantitative estimate of drug-likeness (QED) is 0.497. The van der Waals surface area contributed by atoms with E-state index in [0.29, 0.717) is 17.9 Å². The number of nitrogens with zero attached hydrogens (tertiary/aromatic N) is 1. The van der Waals surface area contributed by atoms with Gasteiger partial charge in [0, 0.05) is 41.5 Å². The van der Waals surface area contributed by atoms with E-state index >= 15 is 0 Å². The van der Waals surface area contributed by atoms with Gasteiger partial charge in [-0.3, -0.25) is 14.6 Å². The maximum atomic E-state index is 14.4. The van der Waals surface area contributed by atoms with Gasteiger partial charge in [-0.1, -0.05) is 33.8 Å². The van der Waals surface area contributed by atoms with Gasteiger partial charge in [-0.15, -0.1) is 0 Å². The van der Waals surface area contributed by atoms with Crippen LogP contribution < -0.4 is 16.4 Å². The predicted octanol–water partition coefficient (Wildman–Crippen LogP) is 4.80. The molecule has 0 saturated heterocycles. The van der Waals surface area contributed by atoms with E-state index in [4.69, 9.17) is 5.73 Å². The van der Waals surface area contributed by atoms with Crippen molar-refractivity contribution in [2.45, 2.75) is 64.8 Å². The van der Waals surface area contributed by atoms with Crippen molar-refractivity contribution in [1.29, 1.82) is 0 Å². The third-order valence-corrected chi connectivity index (χ3v) is 8.56. The molecular weight excluding hydrogens is 474 g/mol. The summed E-state index contributed by atoms with van der Waals surface area (Å²) in [5, 5.41) is 5.96. The molecule has 4 rings (SSSR count). The van der Waals surface area contributed by atoms with E-state index in [1.807, 2.05) is 6.92 Å². The standard InChI is InChI=1S/C29H38F2N4O2/c1-17-11-18-12-19(15-29(4,14-18)27(37)35-21-7-9-33-10-8-21)24(17)25(32)26(36)34-16-28(2,3)22-6-5-20(30)13-23(22)31/h5-10,13,17-19,24-25H,11-12,14-16,32H2,1-4H3,(H,34,36)(H,33,35,37). The van der Waals surface area contributed by atoms with Crippen molar-refractivity contribution >= 4 is 17.5 Å². The van der Waals surface area contributed by atoms with Crippen LogP contribution >= 0.6 is 0 Å². The van der Waals surface area contributed by atoms with Gasteiger partial charge in [0.15, 0.2) is 0 Å². The van der Waals surface area contributed by atoms with Gasteiger partial charge in [-0.25, -0.2) is 8.78 Å². The molecule has 2 amide bonds. The van der Waals surface area contributed by atoms with Crippen LogP contribution in [0, 0.1) is 40.7 Å². The summed E-state index contributed by atoms with van der Waals surface area (Å²) >= 11 is 0. The summed E-state index contributed by atoms with van der Waals surface area (Å²) in [7, 11) is 0. The molecule has 6 atom stereocenters. The summed E-state index contributed by atoms with van der Waals surface area (Å²) in [4.78, 5) is 30.5. The number of aromatic nitrogens is 1. The first kappa shape index (κ1) is 27.2. The molecule has 200 valence electrons. The number of rotatable bonds is 7. The number of pyridine rings is 1. The minimum atomic E-state index is -0.745. The fraction of sp³-hybridized carbons (Fsp3) is 0.552. The second kappa shape index (κ2) is 10.5. The maximum Gasteiger partial charge on any atom is 0.237 e. The van der Waals surface area contributed by atoms with Gasteiger partial charge in [0.1, 0.15) is 11.6 Å². The molecule has 37 heavy (non-hydrogen) atoms. The molecular formula is C29H38F2N4O2. The van der Waals surface area contributed by atoms with Crippen LogP contribution in [0.3, 0.4) is 0 Å². The fourth-order valence-corrected chi connectivity index (χ4v) is 6.80. The first-order valence-electron chi connectivity index (χ1n) is 13.1. The van der Waals surface area contributed by atoms with Crippen molar-refractivity contribution in [2.24, 2.45) is 34.8 Å². The van der Waals surface area contributed by atoms with Crippen LogP contribution in [0.1, 0.15) is 58.9 Å². The number of amides is 2. The number of carbonyl (C=O) groups excluding carboxylic acids is 2. The van der Waals surface area contributed by atoms with E-state index in [1.54, 1.807) is 38.4 Å². The van der Waals surface area contributed by atoms with Crippen molar-refractivity contribution in [3.05, 3.63) is 59.9 Å². The van der Waals surface area contributed by atoms with Gasteiger partial charge < -0.3 is 16.4 Å². The molecule has 0 spiro atoms. The lowest BCUT2D eigenvalue weighted by Crippen LogP contribution is -2.56. The Morgan fingerprint density at radius 1 is 1.16 bits per heavy atom. The molecule has 8 heteroatoms. The van der Waals surface area contributed by atoms with Crippen LogP contribution in [0.15, 0.2) is 42.7 Å². The van der Waals surface area contributed by atoms with Crippen molar-refractivity contribution in [1.82, 2.24) is 10.3 Å². The van der Waals surface area contributed by atoms with Gasteiger partial charge in [0.2, 0.25) is 11.8 Å². The lowest BCUT2D eigenvalue weighted by Gasteiger charge is -2.51. The highest BCUT2D eigenvalue weighted by atomic mass is 19.1. The molecule has 2 fully saturated rings. The van der Waals surface area contributed by atoms with E-state index in [1.165, 1.54) is 12.1 Å². The molecule has 0 aliphatic heterocycles. The number of anilines is 1. The summed E-state index contributed by atoms with van der Waals surface area (Å²) < 4.78 is 27.7. The van der Waals surface area contributed by atoms with Gasteiger partial charge in [-0.05, 0) is 73.1 Å². The number of nitrogens with two attached hydrogens (primary N) is 1. The maximum absolute atomic E-state index is 14.4. The van der Waals surface area contributed by atoms with E-state index in [-0.39, 0.29) is 36.1 Å². The lowest BCUT2D eigenvalue weighted by atomic mass is 9.54. The van der Waals surface area contributed by atoms with E-state index in [9.17, 15) is 18.4 Å². The molecule has 1 heterocycles. The lowest BCUT2D eigenvalue weighted by molar-refractivity contribution is -0.133. The normalized spacial score (nSPS) is 28.3. The highest BCUT2D eigenvalue weighted by Gasteiger charge is 2.51. The SMILES string of the molecule is CC1CC2CC(CC(C)(C(=O)Nc3ccncc3)C2)C1C(N)C(=O)NCC(C)(C)c1ccc(F)cc1F. The molecule has 2 saturated carbocycles. The Bertz CT molecular complexity index is 1140. The van der Waals surface area contributed by atoms with Gasteiger partial charge in [0.25, 0.3) is 0 Å². The largest absolute Gasteiger partial charge is 0.354 e. The molecule has 0 radical (unpaired) electrons. The van der Waals surface area contributed by atoms with E-state index in [2.05, 4.69) is 22.5 Å². The van der Waals surface area contributed by atoms with Crippen molar-refractivity contribution < 1.29 is 18.4 Å². The minimum Gasteiger partial charge on any atom is -0.354 e. The van der Waals surface area contributed by atoms with E-state index in [0.717, 1.165) is 31.0 Å². The summed E-state index contributed by atoms with van der Waals surface area (Å²) in [5.41, 5.74) is 6.34. The Labute approximate surface area is 217 Å². The van der Waals surface area contributed by atoms with Gasteiger partial charge >= 0.3 is 0 Å². The zero-order valence-corrected chi connectivity index (χ0v) is 22.1. The Morgan fingerprint density at radius 3 is 2.54 bits per heavy atom. The Morgan fingerprint density at radius 2 is 1.86 bits per heavy atom. The molecule has 6 unspecified atom stereocenters. The Hall–Kier alpha value is -2.87. The number of carbonyl (C=O) groups is 2. The highest BCUT2D eigenvalue weighted by Crippen LogP contribution is 2.53. The average molecular weight is 513 g/mol. The molecule has 2 aliphatic rings. The van der Waals surface area contributed by atoms with Crippen LogP contribution in [-0.4, -0.2) is 29.4 Å². The van der Waals surface area contributed by atoms with Crippen molar-refractivity contribution in [3.63, 3.8) is 0 Å². The molecule has 2 aliphatic carbocycles.